The van der Waals surface area contributed by atoms with Crippen LogP contribution < -0.4 is 4.74 Å². The van der Waals surface area contributed by atoms with E-state index in [1.807, 2.05) is 19.9 Å². The topological polar surface area (TPSA) is 49.7 Å². The molecule has 0 aliphatic heterocycles. The van der Waals surface area contributed by atoms with Gasteiger partial charge in [0, 0.05) is 5.56 Å². The van der Waals surface area contributed by atoms with Crippen LogP contribution in [0, 0.1) is 13.8 Å². The van der Waals surface area contributed by atoms with Gasteiger partial charge >= 0.3 is 0 Å². The maximum Gasteiger partial charge on any atom is 0.165 e. The average Bonchev–Trinajstić information content (AvgIpc) is 2.32. The molecule has 0 aliphatic carbocycles. The molecule has 0 saturated carbocycles. The van der Waals surface area contributed by atoms with Crippen molar-refractivity contribution in [3.8, 4) is 28.4 Å². The number of phenols is 2. The van der Waals surface area contributed by atoms with Gasteiger partial charge < -0.3 is 14.9 Å². The number of aryl methyl sites for hydroxylation is 2. The highest BCUT2D eigenvalue weighted by Gasteiger charge is 2.13. The Balaban J connectivity index is 2.67. The van der Waals surface area contributed by atoms with Crippen molar-refractivity contribution < 1.29 is 14.9 Å². The molecule has 3 nitrogen and oxygen atoms in total. The zero-order valence-corrected chi connectivity index (χ0v) is 10.7. The number of hydrogen-bond donors (Lipinski definition) is 2. The number of benzene rings is 2. The van der Waals surface area contributed by atoms with Gasteiger partial charge in [-0.3, -0.25) is 0 Å². The van der Waals surface area contributed by atoms with Crippen molar-refractivity contribution in [2.45, 2.75) is 13.8 Å². The van der Waals surface area contributed by atoms with Gasteiger partial charge in [-0.25, -0.2) is 0 Å². The quantitative estimate of drug-likeness (QED) is 0.851. The molecule has 2 aromatic rings. The summed E-state index contributed by atoms with van der Waals surface area (Å²) in [4.78, 5) is 0. The van der Waals surface area contributed by atoms with Gasteiger partial charge in [0.25, 0.3) is 0 Å². The summed E-state index contributed by atoms with van der Waals surface area (Å²) in [7, 11) is 1.53. The summed E-state index contributed by atoms with van der Waals surface area (Å²) in [5.74, 6) is 0.796. The standard InChI is InChI=1S/C15H16O3/c1-9-6-13(15(17)14(7-9)18-3)12-5-4-11(16)8-10(12)2/h4-8,16-17H,1-3H3. The molecule has 2 aromatic carbocycles. The number of methoxy groups -OCH3 is 1. The van der Waals surface area contributed by atoms with Crippen molar-refractivity contribution >= 4 is 0 Å². The molecule has 18 heavy (non-hydrogen) atoms. The Hall–Kier alpha value is -2.16. The molecule has 0 saturated heterocycles. The van der Waals surface area contributed by atoms with Crippen molar-refractivity contribution in [1.29, 1.82) is 0 Å². The summed E-state index contributed by atoms with van der Waals surface area (Å²) in [6.45, 7) is 3.84. The van der Waals surface area contributed by atoms with Crippen LogP contribution >= 0.6 is 0 Å². The molecule has 0 unspecified atom stereocenters. The molecule has 94 valence electrons. The fraction of sp³-hybridized carbons (Fsp3) is 0.200. The Morgan fingerprint density at radius 3 is 2.28 bits per heavy atom. The van der Waals surface area contributed by atoms with E-state index in [4.69, 9.17) is 4.74 Å². The highest BCUT2D eigenvalue weighted by molar-refractivity contribution is 5.77. The summed E-state index contributed by atoms with van der Waals surface area (Å²) in [6.07, 6.45) is 0. The van der Waals surface area contributed by atoms with Crippen molar-refractivity contribution in [2.75, 3.05) is 7.11 Å². The molecule has 0 spiro atoms. The van der Waals surface area contributed by atoms with Gasteiger partial charge in [0.15, 0.2) is 11.5 Å². The van der Waals surface area contributed by atoms with Crippen LogP contribution in [0.2, 0.25) is 0 Å². The third kappa shape index (κ3) is 2.12. The third-order valence-corrected chi connectivity index (χ3v) is 2.94. The second-order valence-corrected chi connectivity index (χ2v) is 4.36. The Morgan fingerprint density at radius 2 is 1.67 bits per heavy atom. The summed E-state index contributed by atoms with van der Waals surface area (Å²) in [5, 5.41) is 19.6. The molecule has 0 aliphatic rings. The molecule has 2 N–H and O–H groups in total. The number of aromatic hydroxyl groups is 2. The minimum atomic E-state index is 0.122. The first-order valence-electron chi connectivity index (χ1n) is 5.70. The van der Waals surface area contributed by atoms with Gasteiger partial charge in [-0.15, -0.1) is 0 Å². The van der Waals surface area contributed by atoms with E-state index in [2.05, 4.69) is 0 Å². The Kier molecular flexibility index (Phi) is 3.15. The summed E-state index contributed by atoms with van der Waals surface area (Å²) >= 11 is 0. The predicted molar refractivity (Wildman–Crippen MR) is 71.2 cm³/mol. The molecular weight excluding hydrogens is 228 g/mol. The average molecular weight is 244 g/mol. The monoisotopic (exact) mass is 244 g/mol. The van der Waals surface area contributed by atoms with Crippen LogP contribution in [-0.2, 0) is 0 Å². The van der Waals surface area contributed by atoms with Gasteiger partial charge in [0.2, 0.25) is 0 Å². The van der Waals surface area contributed by atoms with Crippen LogP contribution in [0.4, 0.5) is 0 Å². The lowest BCUT2D eigenvalue weighted by Gasteiger charge is -2.13. The minimum Gasteiger partial charge on any atom is -0.508 e. The third-order valence-electron chi connectivity index (χ3n) is 2.94. The maximum absolute atomic E-state index is 10.2. The lowest BCUT2D eigenvalue weighted by Crippen LogP contribution is -1.90. The van der Waals surface area contributed by atoms with Gasteiger partial charge in [0.05, 0.1) is 7.11 Å². The van der Waals surface area contributed by atoms with Crippen molar-refractivity contribution in [3.63, 3.8) is 0 Å². The first kappa shape index (κ1) is 12.3. The van der Waals surface area contributed by atoms with Crippen LogP contribution in [-0.4, -0.2) is 17.3 Å². The molecule has 0 amide bonds. The smallest absolute Gasteiger partial charge is 0.165 e. The highest BCUT2D eigenvalue weighted by Crippen LogP contribution is 2.39. The minimum absolute atomic E-state index is 0.122. The van der Waals surface area contributed by atoms with Crippen LogP contribution in [0.1, 0.15) is 11.1 Å². The maximum atomic E-state index is 10.2. The zero-order chi connectivity index (χ0) is 13.3. The van der Waals surface area contributed by atoms with E-state index in [0.717, 1.165) is 16.7 Å². The van der Waals surface area contributed by atoms with E-state index in [1.54, 1.807) is 24.3 Å². The molecule has 0 heterocycles. The molecule has 0 fully saturated rings. The highest BCUT2D eigenvalue weighted by atomic mass is 16.5. The van der Waals surface area contributed by atoms with E-state index < -0.39 is 0 Å². The normalized spacial score (nSPS) is 10.4. The van der Waals surface area contributed by atoms with E-state index in [1.165, 1.54) is 7.11 Å². The van der Waals surface area contributed by atoms with Crippen LogP contribution in [0.15, 0.2) is 30.3 Å². The van der Waals surface area contributed by atoms with Gasteiger partial charge in [0.1, 0.15) is 5.75 Å². The molecule has 0 bridgehead atoms. The fourth-order valence-corrected chi connectivity index (χ4v) is 2.06. The lowest BCUT2D eigenvalue weighted by molar-refractivity contribution is 0.374. The number of phenolic OH excluding ortho intramolecular Hbond substituents is 2. The molecule has 3 heteroatoms. The first-order chi connectivity index (χ1) is 8.52. The Bertz CT molecular complexity index is 589. The van der Waals surface area contributed by atoms with E-state index in [-0.39, 0.29) is 11.5 Å². The molecule has 0 aromatic heterocycles. The largest absolute Gasteiger partial charge is 0.508 e. The molecule has 2 rings (SSSR count). The van der Waals surface area contributed by atoms with Gasteiger partial charge in [-0.2, -0.15) is 0 Å². The summed E-state index contributed by atoms with van der Waals surface area (Å²) in [6, 6.07) is 8.75. The van der Waals surface area contributed by atoms with Gasteiger partial charge in [-0.05, 0) is 54.8 Å². The van der Waals surface area contributed by atoms with E-state index in [9.17, 15) is 10.2 Å². The van der Waals surface area contributed by atoms with Crippen LogP contribution in [0.5, 0.6) is 17.2 Å². The lowest BCUT2D eigenvalue weighted by atomic mass is 9.97. The fourth-order valence-electron chi connectivity index (χ4n) is 2.06. The van der Waals surface area contributed by atoms with Crippen LogP contribution in [0.25, 0.3) is 11.1 Å². The predicted octanol–water partition coefficient (Wildman–Crippen LogP) is 3.39. The molecule has 0 atom stereocenters. The van der Waals surface area contributed by atoms with Crippen molar-refractivity contribution in [2.24, 2.45) is 0 Å². The van der Waals surface area contributed by atoms with Gasteiger partial charge in [-0.1, -0.05) is 6.07 Å². The van der Waals surface area contributed by atoms with E-state index in [0.29, 0.717) is 11.3 Å². The summed E-state index contributed by atoms with van der Waals surface area (Å²) < 4.78 is 5.15. The summed E-state index contributed by atoms with van der Waals surface area (Å²) in [5.41, 5.74) is 3.50. The molecular formula is C15H16O3. The number of rotatable bonds is 2. The van der Waals surface area contributed by atoms with E-state index >= 15 is 0 Å². The first-order valence-corrected chi connectivity index (χ1v) is 5.70. The second-order valence-electron chi connectivity index (χ2n) is 4.36. The SMILES string of the molecule is COc1cc(C)cc(-c2ccc(O)cc2C)c1O. The zero-order valence-electron chi connectivity index (χ0n) is 10.7. The van der Waals surface area contributed by atoms with Crippen LogP contribution in [0.3, 0.4) is 0 Å². The Morgan fingerprint density at radius 1 is 0.944 bits per heavy atom. The number of hydrogen-bond acceptors (Lipinski definition) is 3. The number of ether oxygens (including phenoxy) is 1. The molecule has 0 radical (unpaired) electrons. The second kappa shape index (κ2) is 4.61. The van der Waals surface area contributed by atoms with Crippen molar-refractivity contribution in [1.82, 2.24) is 0 Å². The van der Waals surface area contributed by atoms with Crippen molar-refractivity contribution in [3.05, 3.63) is 41.5 Å². The Labute approximate surface area is 106 Å².